The standard InChI is InChI=1S/C21H18N2O2S/c1-14-6-5-7-15(10-14)12-23-13-16(17-8-3-4-9-18(17)23)11-19-20(24)22(2)21(25)26-19/h3-11,13H,12H2,1-2H3/b19-11+. The highest BCUT2D eigenvalue weighted by molar-refractivity contribution is 8.18. The van der Waals surface area contributed by atoms with Crippen LogP contribution in [0.5, 0.6) is 0 Å². The van der Waals surface area contributed by atoms with Crippen LogP contribution in [-0.2, 0) is 11.3 Å². The molecule has 5 heteroatoms. The average molecular weight is 362 g/mol. The van der Waals surface area contributed by atoms with E-state index in [1.807, 2.05) is 24.3 Å². The van der Waals surface area contributed by atoms with E-state index in [-0.39, 0.29) is 11.1 Å². The van der Waals surface area contributed by atoms with E-state index in [0.29, 0.717) is 4.91 Å². The molecule has 0 spiro atoms. The van der Waals surface area contributed by atoms with Gasteiger partial charge in [0, 0.05) is 36.3 Å². The Hall–Kier alpha value is -2.79. The van der Waals surface area contributed by atoms with Gasteiger partial charge in [-0.15, -0.1) is 0 Å². The van der Waals surface area contributed by atoms with E-state index in [9.17, 15) is 9.59 Å². The maximum absolute atomic E-state index is 12.2. The van der Waals surface area contributed by atoms with E-state index in [1.165, 1.54) is 18.2 Å². The van der Waals surface area contributed by atoms with Crippen molar-refractivity contribution in [2.24, 2.45) is 0 Å². The number of nitrogens with zero attached hydrogens (tertiary/aromatic N) is 2. The minimum Gasteiger partial charge on any atom is -0.342 e. The maximum Gasteiger partial charge on any atom is 0.293 e. The maximum atomic E-state index is 12.2. The van der Waals surface area contributed by atoms with Crippen LogP contribution in [0.15, 0.2) is 59.6 Å². The third kappa shape index (κ3) is 2.95. The van der Waals surface area contributed by atoms with Crippen molar-refractivity contribution < 1.29 is 9.59 Å². The zero-order valence-electron chi connectivity index (χ0n) is 14.6. The molecule has 26 heavy (non-hydrogen) atoms. The molecule has 0 bridgehead atoms. The van der Waals surface area contributed by atoms with Gasteiger partial charge in [0.1, 0.15) is 0 Å². The SMILES string of the molecule is Cc1cccc(Cn2cc(/C=C3/SC(=O)N(C)C3=O)c3ccccc32)c1. The van der Waals surface area contributed by atoms with Gasteiger partial charge in [0.25, 0.3) is 11.1 Å². The van der Waals surface area contributed by atoms with Crippen molar-refractivity contribution in [1.29, 1.82) is 0 Å². The number of imide groups is 1. The number of hydrogen-bond donors (Lipinski definition) is 0. The summed E-state index contributed by atoms with van der Waals surface area (Å²) in [6, 6.07) is 16.6. The molecule has 1 fully saturated rings. The number of carbonyl (C=O) groups is 2. The largest absolute Gasteiger partial charge is 0.342 e. The lowest BCUT2D eigenvalue weighted by molar-refractivity contribution is -0.121. The Morgan fingerprint density at radius 1 is 1.08 bits per heavy atom. The highest BCUT2D eigenvalue weighted by Gasteiger charge is 2.32. The summed E-state index contributed by atoms with van der Waals surface area (Å²) in [5.41, 5.74) is 4.52. The zero-order chi connectivity index (χ0) is 18.3. The van der Waals surface area contributed by atoms with Crippen molar-refractivity contribution in [2.45, 2.75) is 13.5 Å². The van der Waals surface area contributed by atoms with Gasteiger partial charge >= 0.3 is 0 Å². The smallest absolute Gasteiger partial charge is 0.293 e. The molecule has 1 aromatic heterocycles. The van der Waals surface area contributed by atoms with Gasteiger partial charge in [0.05, 0.1) is 4.91 Å². The highest BCUT2D eigenvalue weighted by atomic mass is 32.2. The lowest BCUT2D eigenvalue weighted by Crippen LogP contribution is -2.22. The van der Waals surface area contributed by atoms with Crippen LogP contribution in [0, 0.1) is 6.92 Å². The summed E-state index contributed by atoms with van der Waals surface area (Å²) in [6.45, 7) is 2.84. The quantitative estimate of drug-likeness (QED) is 0.636. The van der Waals surface area contributed by atoms with Gasteiger partial charge in [-0.1, -0.05) is 48.0 Å². The lowest BCUT2D eigenvalue weighted by atomic mass is 10.1. The van der Waals surface area contributed by atoms with Crippen LogP contribution in [-0.4, -0.2) is 27.7 Å². The number of fused-ring (bicyclic) bond motifs is 1. The predicted molar refractivity (Wildman–Crippen MR) is 106 cm³/mol. The van der Waals surface area contributed by atoms with Gasteiger partial charge in [-0.05, 0) is 36.4 Å². The second kappa shape index (κ2) is 6.50. The van der Waals surface area contributed by atoms with Gasteiger partial charge in [0.15, 0.2) is 0 Å². The van der Waals surface area contributed by atoms with Crippen molar-refractivity contribution in [2.75, 3.05) is 7.05 Å². The molecule has 4 rings (SSSR count). The molecule has 2 heterocycles. The Bertz CT molecular complexity index is 1060. The number of carbonyl (C=O) groups excluding carboxylic acids is 2. The minimum absolute atomic E-state index is 0.232. The van der Waals surface area contributed by atoms with E-state index in [0.717, 1.165) is 39.7 Å². The summed E-state index contributed by atoms with van der Waals surface area (Å²) < 4.78 is 2.19. The Morgan fingerprint density at radius 3 is 2.62 bits per heavy atom. The topological polar surface area (TPSA) is 42.3 Å². The number of rotatable bonds is 3. The Balaban J connectivity index is 1.77. The van der Waals surface area contributed by atoms with Gasteiger partial charge in [-0.25, -0.2) is 0 Å². The highest BCUT2D eigenvalue weighted by Crippen LogP contribution is 2.33. The number of amides is 2. The molecule has 130 valence electrons. The minimum atomic E-state index is -0.240. The van der Waals surface area contributed by atoms with Crippen LogP contribution in [0.25, 0.3) is 17.0 Å². The first-order valence-electron chi connectivity index (χ1n) is 8.38. The molecule has 1 aliphatic heterocycles. The molecule has 1 saturated heterocycles. The molecular formula is C21H18N2O2S. The van der Waals surface area contributed by atoms with Crippen LogP contribution in [0.1, 0.15) is 16.7 Å². The fourth-order valence-corrected chi connectivity index (χ4v) is 4.03. The number of para-hydroxylation sites is 1. The van der Waals surface area contributed by atoms with Crippen LogP contribution in [0.3, 0.4) is 0 Å². The van der Waals surface area contributed by atoms with Gasteiger partial charge in [-0.2, -0.15) is 0 Å². The summed E-state index contributed by atoms with van der Waals surface area (Å²) >= 11 is 0.990. The molecule has 4 nitrogen and oxygen atoms in total. The first-order chi connectivity index (χ1) is 12.5. The fourth-order valence-electron chi connectivity index (χ4n) is 3.22. The molecule has 2 aromatic carbocycles. The van der Waals surface area contributed by atoms with Crippen molar-refractivity contribution in [1.82, 2.24) is 9.47 Å². The van der Waals surface area contributed by atoms with Gasteiger partial charge in [-0.3, -0.25) is 14.5 Å². The van der Waals surface area contributed by atoms with Crippen LogP contribution in [0.2, 0.25) is 0 Å². The summed E-state index contributed by atoms with van der Waals surface area (Å²) in [7, 11) is 1.51. The Morgan fingerprint density at radius 2 is 1.88 bits per heavy atom. The Labute approximate surface area is 156 Å². The number of aryl methyl sites for hydroxylation is 1. The van der Waals surface area contributed by atoms with Gasteiger partial charge < -0.3 is 4.57 Å². The second-order valence-electron chi connectivity index (χ2n) is 6.46. The number of hydrogen-bond acceptors (Lipinski definition) is 3. The third-order valence-corrected chi connectivity index (χ3v) is 5.49. The summed E-state index contributed by atoms with van der Waals surface area (Å²) in [6.07, 6.45) is 3.88. The van der Waals surface area contributed by atoms with E-state index < -0.39 is 0 Å². The normalized spacial score (nSPS) is 16.2. The molecule has 0 saturated carbocycles. The first kappa shape index (κ1) is 16.7. The van der Waals surface area contributed by atoms with Crippen molar-refractivity contribution >= 4 is 39.9 Å². The van der Waals surface area contributed by atoms with Crippen LogP contribution in [0.4, 0.5) is 4.79 Å². The first-order valence-corrected chi connectivity index (χ1v) is 9.19. The summed E-state index contributed by atoms with van der Waals surface area (Å²) in [5.74, 6) is -0.240. The molecule has 0 atom stereocenters. The van der Waals surface area contributed by atoms with Gasteiger partial charge in [0.2, 0.25) is 0 Å². The molecule has 0 unspecified atom stereocenters. The molecule has 0 N–H and O–H groups in total. The van der Waals surface area contributed by atoms with Crippen molar-refractivity contribution in [3.05, 3.63) is 76.3 Å². The van der Waals surface area contributed by atoms with Crippen LogP contribution < -0.4 is 0 Å². The van der Waals surface area contributed by atoms with Crippen LogP contribution >= 0.6 is 11.8 Å². The summed E-state index contributed by atoms with van der Waals surface area (Å²) in [4.78, 5) is 25.6. The Kier molecular flexibility index (Phi) is 4.17. The molecule has 2 amide bonds. The molecular weight excluding hydrogens is 344 g/mol. The van der Waals surface area contributed by atoms with Crippen molar-refractivity contribution in [3.63, 3.8) is 0 Å². The number of benzene rings is 2. The molecule has 3 aromatic rings. The van der Waals surface area contributed by atoms with E-state index in [2.05, 4.69) is 48.0 Å². The average Bonchev–Trinajstić information content (AvgIpc) is 3.08. The summed E-state index contributed by atoms with van der Waals surface area (Å²) in [5, 5.41) is 0.841. The van der Waals surface area contributed by atoms with E-state index in [4.69, 9.17) is 0 Å². The fraction of sp³-hybridized carbons (Fsp3) is 0.143. The zero-order valence-corrected chi connectivity index (χ0v) is 15.4. The monoisotopic (exact) mass is 362 g/mol. The number of aromatic nitrogens is 1. The third-order valence-electron chi connectivity index (χ3n) is 4.53. The number of likely N-dealkylation sites (N-methyl/N-ethyl adjacent to an activating group) is 1. The van der Waals surface area contributed by atoms with Crippen molar-refractivity contribution in [3.8, 4) is 0 Å². The number of thioether (sulfide) groups is 1. The predicted octanol–water partition coefficient (Wildman–Crippen LogP) is 4.66. The van der Waals surface area contributed by atoms with E-state index >= 15 is 0 Å². The lowest BCUT2D eigenvalue weighted by Gasteiger charge is -2.06. The molecule has 1 aliphatic rings. The molecule has 0 aliphatic carbocycles. The second-order valence-corrected chi connectivity index (χ2v) is 7.45. The van der Waals surface area contributed by atoms with E-state index in [1.54, 1.807) is 0 Å². The molecule has 0 radical (unpaired) electrons.